The second kappa shape index (κ2) is 3.55. The van der Waals surface area contributed by atoms with Gasteiger partial charge in [0.15, 0.2) is 11.6 Å². The molecule has 0 fully saturated rings. The zero-order chi connectivity index (χ0) is 8.10. The molecule has 0 atom stereocenters. The lowest BCUT2D eigenvalue weighted by atomic mass is 10.6. The van der Waals surface area contributed by atoms with E-state index in [0.29, 0.717) is 11.6 Å². The average molecular weight is 148 g/mol. The van der Waals surface area contributed by atoms with Gasteiger partial charge in [0.2, 0.25) is 0 Å². The van der Waals surface area contributed by atoms with E-state index in [-0.39, 0.29) is 0 Å². The molecule has 4 heteroatoms. The van der Waals surface area contributed by atoms with Gasteiger partial charge in [0.1, 0.15) is 0 Å². The average Bonchev–Trinajstić information content (AvgIpc) is 2.06. The van der Waals surface area contributed by atoms with Crippen molar-refractivity contribution in [2.75, 3.05) is 0 Å². The van der Waals surface area contributed by atoms with Gasteiger partial charge in [-0.3, -0.25) is 0 Å². The van der Waals surface area contributed by atoms with Crippen molar-refractivity contribution in [1.82, 2.24) is 9.97 Å². The summed E-state index contributed by atoms with van der Waals surface area (Å²) in [5, 5.41) is 0. The van der Waals surface area contributed by atoms with E-state index in [1.165, 1.54) is 0 Å². The Balaban J connectivity index is 3.11. The Labute approximate surface area is 64.8 Å². The first-order valence-corrected chi connectivity index (χ1v) is 3.15. The van der Waals surface area contributed by atoms with Crippen molar-refractivity contribution in [3.63, 3.8) is 0 Å². The monoisotopic (exact) mass is 148 g/mol. The van der Waals surface area contributed by atoms with Crippen LogP contribution in [-0.2, 0) is 0 Å². The third kappa shape index (κ3) is 1.67. The maximum Gasteiger partial charge on any atom is 0.197 e. The van der Waals surface area contributed by atoms with Crippen molar-refractivity contribution in [3.05, 3.63) is 12.4 Å². The van der Waals surface area contributed by atoms with Crippen LogP contribution in [0.5, 0.6) is 0 Å². The SMILES string of the molecule is C=Nc1nccnc1N=CC. The number of aromatic nitrogens is 2. The molecule has 0 saturated carbocycles. The highest BCUT2D eigenvalue weighted by atomic mass is 15.0. The number of hydrogen-bond donors (Lipinski definition) is 0. The Kier molecular flexibility index (Phi) is 2.43. The molecular formula is C7H8N4. The highest BCUT2D eigenvalue weighted by Crippen LogP contribution is 2.19. The van der Waals surface area contributed by atoms with Crippen LogP contribution < -0.4 is 0 Å². The highest BCUT2D eigenvalue weighted by Gasteiger charge is 1.97. The molecule has 0 aliphatic carbocycles. The van der Waals surface area contributed by atoms with Gasteiger partial charge in [-0.25, -0.2) is 20.0 Å². The topological polar surface area (TPSA) is 50.5 Å². The van der Waals surface area contributed by atoms with Crippen molar-refractivity contribution in [1.29, 1.82) is 0 Å². The fraction of sp³-hybridized carbons (Fsp3) is 0.143. The largest absolute Gasteiger partial charge is 0.242 e. The second-order valence-corrected chi connectivity index (χ2v) is 1.75. The minimum atomic E-state index is 0.464. The summed E-state index contributed by atoms with van der Waals surface area (Å²) in [5.41, 5.74) is 0. The van der Waals surface area contributed by atoms with Gasteiger partial charge in [-0.2, -0.15) is 0 Å². The maximum absolute atomic E-state index is 3.95. The van der Waals surface area contributed by atoms with E-state index in [0.717, 1.165) is 0 Å². The molecule has 0 radical (unpaired) electrons. The summed E-state index contributed by atoms with van der Waals surface area (Å²) in [7, 11) is 0. The predicted octanol–water partition coefficient (Wildman–Crippen LogP) is 1.53. The number of rotatable bonds is 2. The van der Waals surface area contributed by atoms with Crippen LogP contribution in [0.15, 0.2) is 22.4 Å². The molecule has 1 aromatic rings. The van der Waals surface area contributed by atoms with Crippen LogP contribution in [0.3, 0.4) is 0 Å². The molecule has 0 aliphatic heterocycles. The van der Waals surface area contributed by atoms with Crippen LogP contribution in [-0.4, -0.2) is 22.9 Å². The Morgan fingerprint density at radius 3 is 2.55 bits per heavy atom. The van der Waals surface area contributed by atoms with Gasteiger partial charge in [-0.05, 0) is 13.6 Å². The molecule has 11 heavy (non-hydrogen) atoms. The summed E-state index contributed by atoms with van der Waals surface area (Å²) in [6.45, 7) is 5.15. The first-order valence-electron chi connectivity index (χ1n) is 3.15. The lowest BCUT2D eigenvalue weighted by Gasteiger charge is -1.93. The second-order valence-electron chi connectivity index (χ2n) is 1.75. The normalized spacial score (nSPS) is 10.3. The summed E-state index contributed by atoms with van der Waals surface area (Å²) in [5.74, 6) is 0.968. The Morgan fingerprint density at radius 2 is 2.00 bits per heavy atom. The van der Waals surface area contributed by atoms with Gasteiger partial charge in [0.05, 0.1) is 0 Å². The summed E-state index contributed by atoms with van der Waals surface area (Å²) in [6, 6.07) is 0. The number of nitrogens with zero attached hydrogens (tertiary/aromatic N) is 4. The van der Waals surface area contributed by atoms with E-state index in [9.17, 15) is 0 Å². The molecule has 0 saturated heterocycles. The summed E-state index contributed by atoms with van der Waals surface area (Å²) in [6.07, 6.45) is 4.76. The summed E-state index contributed by atoms with van der Waals surface area (Å²) in [4.78, 5) is 15.5. The summed E-state index contributed by atoms with van der Waals surface area (Å²) >= 11 is 0. The van der Waals surface area contributed by atoms with Crippen molar-refractivity contribution in [2.45, 2.75) is 6.92 Å². The zero-order valence-corrected chi connectivity index (χ0v) is 6.23. The van der Waals surface area contributed by atoms with Crippen molar-refractivity contribution in [2.24, 2.45) is 9.98 Å². The highest BCUT2D eigenvalue weighted by molar-refractivity contribution is 5.64. The fourth-order valence-electron chi connectivity index (χ4n) is 0.648. The summed E-state index contributed by atoms with van der Waals surface area (Å²) < 4.78 is 0. The molecule has 1 heterocycles. The van der Waals surface area contributed by atoms with E-state index in [2.05, 4.69) is 26.7 Å². The Morgan fingerprint density at radius 1 is 1.36 bits per heavy atom. The molecule has 0 aromatic carbocycles. The van der Waals surface area contributed by atoms with Crippen LogP contribution in [0.2, 0.25) is 0 Å². The van der Waals surface area contributed by atoms with Crippen LogP contribution in [0.25, 0.3) is 0 Å². The standard InChI is InChI=1S/C7H8N4/c1-3-9-7-6(8-2)10-4-5-11-7/h3-5H,2H2,1H3. The molecule has 1 rings (SSSR count). The molecular weight excluding hydrogens is 140 g/mol. The minimum Gasteiger partial charge on any atom is -0.242 e. The number of aliphatic imine (C=N–C) groups is 2. The van der Waals surface area contributed by atoms with Gasteiger partial charge in [0, 0.05) is 18.6 Å². The molecule has 0 N–H and O–H groups in total. The smallest absolute Gasteiger partial charge is 0.197 e. The van der Waals surface area contributed by atoms with Crippen molar-refractivity contribution < 1.29 is 0 Å². The van der Waals surface area contributed by atoms with Gasteiger partial charge >= 0.3 is 0 Å². The van der Waals surface area contributed by atoms with Crippen molar-refractivity contribution >= 4 is 24.6 Å². The van der Waals surface area contributed by atoms with E-state index >= 15 is 0 Å². The van der Waals surface area contributed by atoms with Gasteiger partial charge < -0.3 is 0 Å². The molecule has 1 aromatic heterocycles. The van der Waals surface area contributed by atoms with Crippen LogP contribution >= 0.6 is 0 Å². The van der Waals surface area contributed by atoms with E-state index in [1.807, 2.05) is 6.92 Å². The van der Waals surface area contributed by atoms with E-state index in [4.69, 9.17) is 0 Å². The quantitative estimate of drug-likeness (QED) is 0.597. The molecule has 0 bridgehead atoms. The van der Waals surface area contributed by atoms with Crippen LogP contribution in [0.1, 0.15) is 6.92 Å². The first-order chi connectivity index (χ1) is 5.38. The minimum absolute atomic E-state index is 0.464. The van der Waals surface area contributed by atoms with E-state index < -0.39 is 0 Å². The van der Waals surface area contributed by atoms with Crippen molar-refractivity contribution in [3.8, 4) is 0 Å². The van der Waals surface area contributed by atoms with Crippen LogP contribution in [0.4, 0.5) is 11.6 Å². The van der Waals surface area contributed by atoms with E-state index in [1.54, 1.807) is 18.6 Å². The molecule has 56 valence electrons. The predicted molar refractivity (Wildman–Crippen MR) is 45.1 cm³/mol. The molecule has 0 aliphatic rings. The Bertz CT molecular complexity index is 280. The van der Waals surface area contributed by atoms with Crippen LogP contribution in [0, 0.1) is 0 Å². The lowest BCUT2D eigenvalue weighted by molar-refractivity contribution is 1.16. The first kappa shape index (κ1) is 7.53. The maximum atomic E-state index is 3.95. The fourth-order valence-corrected chi connectivity index (χ4v) is 0.648. The lowest BCUT2D eigenvalue weighted by Crippen LogP contribution is -1.78. The third-order valence-electron chi connectivity index (χ3n) is 1.06. The Hall–Kier alpha value is -1.58. The van der Waals surface area contributed by atoms with Gasteiger partial charge in [-0.1, -0.05) is 0 Å². The number of hydrogen-bond acceptors (Lipinski definition) is 4. The van der Waals surface area contributed by atoms with Gasteiger partial charge in [-0.15, -0.1) is 0 Å². The van der Waals surface area contributed by atoms with Gasteiger partial charge in [0.25, 0.3) is 0 Å². The molecule has 0 spiro atoms. The molecule has 4 nitrogen and oxygen atoms in total. The molecule has 0 amide bonds. The zero-order valence-electron chi connectivity index (χ0n) is 6.23. The molecule has 0 unspecified atom stereocenters. The third-order valence-corrected chi connectivity index (χ3v) is 1.06.